The third-order valence-electron chi connectivity index (χ3n) is 3.58. The number of para-hydroxylation sites is 1. The highest BCUT2D eigenvalue weighted by molar-refractivity contribution is 6.05. The quantitative estimate of drug-likeness (QED) is 0.573. The lowest BCUT2D eigenvalue weighted by molar-refractivity contribution is 0.0377. The number of hydrogen-bond acceptors (Lipinski definition) is 5. The van der Waals surface area contributed by atoms with Gasteiger partial charge < -0.3 is 14.5 Å². The van der Waals surface area contributed by atoms with Gasteiger partial charge in [0, 0.05) is 11.1 Å². The molecule has 0 atom stereocenters. The van der Waals surface area contributed by atoms with Crippen LogP contribution in [0, 0.1) is 0 Å². The van der Waals surface area contributed by atoms with E-state index in [0.717, 1.165) is 0 Å². The summed E-state index contributed by atoms with van der Waals surface area (Å²) >= 11 is 0. The van der Waals surface area contributed by atoms with Crippen molar-refractivity contribution in [2.45, 2.75) is 20.0 Å². The molecule has 0 radical (unpaired) electrons. The minimum absolute atomic E-state index is 0.112. The summed E-state index contributed by atoms with van der Waals surface area (Å²) < 4.78 is 10.3. The fraction of sp³-hybridized carbons (Fsp3) is 0.150. The lowest BCUT2D eigenvalue weighted by Gasteiger charge is -2.09. The third-order valence-corrected chi connectivity index (χ3v) is 3.58. The molecule has 3 rings (SSSR count). The van der Waals surface area contributed by atoms with Crippen molar-refractivity contribution in [1.82, 2.24) is 0 Å². The smallest absolute Gasteiger partial charge is 0.349 e. The number of nitrogens with one attached hydrogen (secondary N) is 1. The summed E-state index contributed by atoms with van der Waals surface area (Å²) in [7, 11) is 0. The molecule has 1 heterocycles. The number of rotatable bonds is 4. The van der Waals surface area contributed by atoms with Gasteiger partial charge in [0.25, 0.3) is 5.91 Å². The Morgan fingerprint density at radius 2 is 1.81 bits per heavy atom. The van der Waals surface area contributed by atoms with Crippen LogP contribution in [0.4, 0.5) is 5.69 Å². The molecule has 0 spiro atoms. The Morgan fingerprint density at radius 3 is 2.58 bits per heavy atom. The Labute approximate surface area is 149 Å². The van der Waals surface area contributed by atoms with Gasteiger partial charge in [0.05, 0.1) is 11.7 Å². The zero-order valence-corrected chi connectivity index (χ0v) is 14.3. The van der Waals surface area contributed by atoms with Gasteiger partial charge in [-0.2, -0.15) is 0 Å². The first-order valence-corrected chi connectivity index (χ1v) is 8.09. The minimum Gasteiger partial charge on any atom is -0.459 e. The highest BCUT2D eigenvalue weighted by Gasteiger charge is 2.15. The Balaban J connectivity index is 1.85. The summed E-state index contributed by atoms with van der Waals surface area (Å²) in [6, 6.07) is 14.7. The minimum atomic E-state index is -0.725. The van der Waals surface area contributed by atoms with Crippen molar-refractivity contribution in [1.29, 1.82) is 0 Å². The summed E-state index contributed by atoms with van der Waals surface area (Å²) in [6.07, 6.45) is -0.247. The Bertz CT molecular complexity index is 1040. The van der Waals surface area contributed by atoms with Crippen molar-refractivity contribution in [2.24, 2.45) is 0 Å². The van der Waals surface area contributed by atoms with E-state index in [1.807, 2.05) is 0 Å². The van der Waals surface area contributed by atoms with E-state index in [4.69, 9.17) is 9.15 Å². The molecule has 1 N–H and O–H groups in total. The van der Waals surface area contributed by atoms with Crippen LogP contribution in [-0.2, 0) is 4.74 Å². The largest absolute Gasteiger partial charge is 0.459 e. The number of fused-ring (bicyclic) bond motifs is 1. The molecule has 0 aliphatic rings. The maximum absolute atomic E-state index is 12.5. The molecule has 0 aliphatic heterocycles. The van der Waals surface area contributed by atoms with Crippen LogP contribution in [0.5, 0.6) is 0 Å². The lowest BCUT2D eigenvalue weighted by atomic mass is 10.1. The number of anilines is 1. The first-order valence-electron chi connectivity index (χ1n) is 8.09. The zero-order chi connectivity index (χ0) is 18.7. The van der Waals surface area contributed by atoms with Crippen LogP contribution in [0.25, 0.3) is 11.0 Å². The van der Waals surface area contributed by atoms with Gasteiger partial charge in [0.15, 0.2) is 0 Å². The summed E-state index contributed by atoms with van der Waals surface area (Å²) in [6.45, 7) is 3.51. The molecule has 0 saturated heterocycles. The maximum atomic E-state index is 12.5. The number of hydrogen-bond donors (Lipinski definition) is 1. The van der Waals surface area contributed by atoms with Crippen LogP contribution in [0.2, 0.25) is 0 Å². The molecule has 1 aromatic heterocycles. The monoisotopic (exact) mass is 351 g/mol. The molecule has 1 amide bonds. The Hall–Kier alpha value is -3.41. The summed E-state index contributed by atoms with van der Waals surface area (Å²) in [5.74, 6) is -1.10. The maximum Gasteiger partial charge on any atom is 0.349 e. The first-order chi connectivity index (χ1) is 12.4. The summed E-state index contributed by atoms with van der Waals surface area (Å²) in [4.78, 5) is 36.5. The molecular weight excluding hydrogens is 334 g/mol. The Morgan fingerprint density at radius 1 is 1.04 bits per heavy atom. The fourth-order valence-corrected chi connectivity index (χ4v) is 2.42. The summed E-state index contributed by atoms with van der Waals surface area (Å²) in [5.41, 5.74) is 0.255. The van der Waals surface area contributed by atoms with E-state index in [9.17, 15) is 14.4 Å². The summed E-state index contributed by atoms with van der Waals surface area (Å²) in [5, 5.41) is 3.25. The molecule has 0 fully saturated rings. The van der Waals surface area contributed by atoms with Crippen LogP contribution in [0.3, 0.4) is 0 Å². The van der Waals surface area contributed by atoms with E-state index in [2.05, 4.69) is 5.32 Å². The van der Waals surface area contributed by atoms with Crippen LogP contribution >= 0.6 is 0 Å². The standard InChI is InChI=1S/C20H17NO5/c1-12(2)25-19(23)14-7-5-8-15(10-14)21-18(22)16-11-13-6-3-4-9-17(13)26-20(16)24/h3-12H,1-2H3,(H,21,22). The van der Waals surface area contributed by atoms with Crippen LogP contribution < -0.4 is 10.9 Å². The van der Waals surface area contributed by atoms with Crippen molar-refractivity contribution in [3.63, 3.8) is 0 Å². The number of benzene rings is 2. The van der Waals surface area contributed by atoms with E-state index < -0.39 is 17.5 Å². The molecule has 0 aliphatic carbocycles. The van der Waals surface area contributed by atoms with Gasteiger partial charge in [-0.3, -0.25) is 4.79 Å². The molecule has 0 saturated carbocycles. The molecule has 26 heavy (non-hydrogen) atoms. The molecule has 6 heteroatoms. The van der Waals surface area contributed by atoms with E-state index in [0.29, 0.717) is 22.2 Å². The average Bonchev–Trinajstić information content (AvgIpc) is 2.60. The van der Waals surface area contributed by atoms with Crippen LogP contribution in [0.15, 0.2) is 63.8 Å². The van der Waals surface area contributed by atoms with Gasteiger partial charge in [-0.15, -0.1) is 0 Å². The van der Waals surface area contributed by atoms with E-state index in [1.165, 1.54) is 12.1 Å². The predicted molar refractivity (Wildman–Crippen MR) is 97.4 cm³/mol. The number of amides is 1. The van der Waals surface area contributed by atoms with Crippen LogP contribution in [0.1, 0.15) is 34.6 Å². The normalized spacial score (nSPS) is 10.7. The predicted octanol–water partition coefficient (Wildman–Crippen LogP) is 3.61. The lowest BCUT2D eigenvalue weighted by Crippen LogP contribution is -2.21. The number of carbonyl (C=O) groups is 2. The first kappa shape index (κ1) is 17.4. The van der Waals surface area contributed by atoms with Gasteiger partial charge in [-0.1, -0.05) is 24.3 Å². The number of carbonyl (C=O) groups excluding carboxylic acids is 2. The van der Waals surface area contributed by atoms with Crippen molar-refractivity contribution >= 4 is 28.5 Å². The van der Waals surface area contributed by atoms with E-state index in [-0.39, 0.29) is 11.7 Å². The molecule has 6 nitrogen and oxygen atoms in total. The van der Waals surface area contributed by atoms with Gasteiger partial charge in [0.2, 0.25) is 0 Å². The topological polar surface area (TPSA) is 85.6 Å². The molecule has 132 valence electrons. The van der Waals surface area contributed by atoms with Crippen molar-refractivity contribution in [2.75, 3.05) is 5.32 Å². The highest BCUT2D eigenvalue weighted by atomic mass is 16.5. The SMILES string of the molecule is CC(C)OC(=O)c1cccc(NC(=O)c2cc3ccccc3oc2=O)c1. The number of ether oxygens (including phenoxy) is 1. The molecule has 0 bridgehead atoms. The van der Waals surface area contributed by atoms with Gasteiger partial charge in [-0.25, -0.2) is 9.59 Å². The second-order valence-corrected chi connectivity index (χ2v) is 5.97. The van der Waals surface area contributed by atoms with E-state index >= 15 is 0 Å². The second-order valence-electron chi connectivity index (χ2n) is 5.97. The van der Waals surface area contributed by atoms with Gasteiger partial charge in [0.1, 0.15) is 11.1 Å². The second kappa shape index (κ2) is 7.23. The van der Waals surface area contributed by atoms with Crippen molar-refractivity contribution in [3.8, 4) is 0 Å². The molecule has 2 aromatic carbocycles. The van der Waals surface area contributed by atoms with Gasteiger partial charge in [-0.05, 0) is 44.2 Å². The average molecular weight is 351 g/mol. The number of esters is 1. The molecule has 3 aromatic rings. The van der Waals surface area contributed by atoms with Crippen LogP contribution in [-0.4, -0.2) is 18.0 Å². The Kier molecular flexibility index (Phi) is 4.84. The zero-order valence-electron chi connectivity index (χ0n) is 14.3. The third kappa shape index (κ3) is 3.80. The van der Waals surface area contributed by atoms with E-state index in [1.54, 1.807) is 56.3 Å². The fourth-order valence-electron chi connectivity index (χ4n) is 2.42. The molecule has 0 unspecified atom stereocenters. The molecular formula is C20H17NO5. The van der Waals surface area contributed by atoms with Crippen molar-refractivity contribution < 1.29 is 18.7 Å². The van der Waals surface area contributed by atoms with Crippen molar-refractivity contribution in [3.05, 3.63) is 76.1 Å². The van der Waals surface area contributed by atoms with Gasteiger partial charge >= 0.3 is 11.6 Å². The highest BCUT2D eigenvalue weighted by Crippen LogP contribution is 2.16.